The van der Waals surface area contributed by atoms with Crippen LogP contribution in [0.5, 0.6) is 0 Å². The number of hydrogen-bond donors (Lipinski definition) is 0. The van der Waals surface area contributed by atoms with Crippen LogP contribution in [-0.2, 0) is 16.1 Å². The maximum atomic E-state index is 12.2. The van der Waals surface area contributed by atoms with Gasteiger partial charge in [0.05, 0.1) is 5.92 Å². The highest BCUT2D eigenvalue weighted by Gasteiger charge is 2.61. The van der Waals surface area contributed by atoms with Gasteiger partial charge in [0.2, 0.25) is 0 Å². The van der Waals surface area contributed by atoms with Gasteiger partial charge < -0.3 is 4.74 Å². The number of ether oxygens (including phenoxy) is 1. The monoisotopic (exact) mass is 502 g/mol. The minimum Gasteiger partial charge on any atom is -0.461 e. The van der Waals surface area contributed by atoms with E-state index in [0.29, 0.717) is 0 Å². The van der Waals surface area contributed by atoms with Crippen LogP contribution < -0.4 is 0 Å². The minimum atomic E-state index is -0.203. The van der Waals surface area contributed by atoms with Gasteiger partial charge in [0, 0.05) is 8.04 Å². The highest BCUT2D eigenvalue weighted by molar-refractivity contribution is 14.1. The van der Waals surface area contributed by atoms with Gasteiger partial charge in [-0.15, -0.1) is 0 Å². The van der Waals surface area contributed by atoms with Gasteiger partial charge in [-0.3, -0.25) is 4.79 Å². The molecule has 2 rings (SSSR count). The van der Waals surface area contributed by atoms with E-state index in [0.717, 1.165) is 13.6 Å². The molecule has 1 aromatic carbocycles. The summed E-state index contributed by atoms with van der Waals surface area (Å²) in [6, 6.07) is 5.89. The molecule has 1 saturated carbocycles. The number of benzene rings is 1. The molecule has 0 bridgehead atoms. The predicted molar refractivity (Wildman–Crippen MR) is 97.2 cm³/mol. The lowest BCUT2D eigenvalue weighted by atomic mass is 10.1. The van der Waals surface area contributed by atoms with Crippen molar-refractivity contribution in [3.63, 3.8) is 0 Å². The molecule has 1 aliphatic rings. The van der Waals surface area contributed by atoms with Crippen molar-refractivity contribution < 1.29 is 9.53 Å². The molecule has 1 fully saturated rings. The van der Waals surface area contributed by atoms with Crippen molar-refractivity contribution in [3.8, 4) is 0 Å². The first-order valence-electron chi connectivity index (χ1n) is 6.37. The quantitative estimate of drug-likeness (QED) is 0.390. The standard InChI is InChI=1S/C15H14BrCl2IO2/c1-15(2)9(6-12(17)18)13(15)14(20)21-7-8-3-4-11(19)10(16)5-8/h3-6,9,13H,7H2,1-2H3. The summed E-state index contributed by atoms with van der Waals surface area (Å²) in [5.74, 6) is -0.346. The van der Waals surface area contributed by atoms with E-state index in [1.54, 1.807) is 6.08 Å². The summed E-state index contributed by atoms with van der Waals surface area (Å²) < 4.78 is 7.73. The Hall–Kier alpha value is 0.220. The molecule has 114 valence electrons. The van der Waals surface area contributed by atoms with Crippen LogP contribution >= 0.6 is 61.7 Å². The van der Waals surface area contributed by atoms with E-state index in [4.69, 9.17) is 27.9 Å². The third-order valence-electron chi connectivity index (χ3n) is 3.84. The van der Waals surface area contributed by atoms with E-state index in [-0.39, 0.29) is 34.3 Å². The number of rotatable bonds is 4. The first kappa shape index (κ1) is 17.6. The molecule has 2 unspecified atom stereocenters. The summed E-state index contributed by atoms with van der Waals surface area (Å²) in [4.78, 5) is 12.2. The van der Waals surface area contributed by atoms with E-state index in [1.165, 1.54) is 0 Å². The normalized spacial score (nSPS) is 22.6. The summed E-state index contributed by atoms with van der Waals surface area (Å²) in [5, 5.41) is 0. The SMILES string of the molecule is CC1(C)C(C=C(Cl)Cl)C1C(=O)OCc1ccc(I)c(Br)c1. The fourth-order valence-corrected chi connectivity index (χ4v) is 3.48. The van der Waals surface area contributed by atoms with E-state index in [9.17, 15) is 4.79 Å². The summed E-state index contributed by atoms with van der Waals surface area (Å²) in [6.07, 6.45) is 1.72. The van der Waals surface area contributed by atoms with Crippen LogP contribution in [0.4, 0.5) is 0 Å². The summed E-state index contributed by atoms with van der Waals surface area (Å²) >= 11 is 17.1. The van der Waals surface area contributed by atoms with Crippen molar-refractivity contribution in [2.75, 3.05) is 0 Å². The molecule has 0 aromatic heterocycles. The molecule has 0 radical (unpaired) electrons. The number of halogens is 4. The van der Waals surface area contributed by atoms with Gasteiger partial charge in [-0.2, -0.15) is 0 Å². The molecular formula is C15H14BrCl2IO2. The van der Waals surface area contributed by atoms with Crippen molar-refractivity contribution in [2.24, 2.45) is 17.3 Å². The van der Waals surface area contributed by atoms with Crippen molar-refractivity contribution in [1.29, 1.82) is 0 Å². The van der Waals surface area contributed by atoms with Gasteiger partial charge in [0.1, 0.15) is 11.1 Å². The Morgan fingerprint density at radius 3 is 2.71 bits per heavy atom. The van der Waals surface area contributed by atoms with Gasteiger partial charge in [-0.1, -0.05) is 43.1 Å². The highest BCUT2D eigenvalue weighted by atomic mass is 127. The molecule has 2 nitrogen and oxygen atoms in total. The Kier molecular flexibility index (Phi) is 5.66. The lowest BCUT2D eigenvalue weighted by Crippen LogP contribution is -2.10. The smallest absolute Gasteiger partial charge is 0.310 e. The van der Waals surface area contributed by atoms with Crippen molar-refractivity contribution in [2.45, 2.75) is 20.5 Å². The zero-order valence-corrected chi connectivity index (χ0v) is 16.8. The Morgan fingerprint density at radius 1 is 1.48 bits per heavy atom. The Morgan fingerprint density at radius 2 is 2.14 bits per heavy atom. The van der Waals surface area contributed by atoms with Gasteiger partial charge in [-0.25, -0.2) is 0 Å². The van der Waals surface area contributed by atoms with Crippen LogP contribution in [0.3, 0.4) is 0 Å². The van der Waals surface area contributed by atoms with Gasteiger partial charge in [0.15, 0.2) is 0 Å². The van der Waals surface area contributed by atoms with E-state index in [2.05, 4.69) is 38.5 Å². The van der Waals surface area contributed by atoms with Gasteiger partial charge in [0.25, 0.3) is 0 Å². The van der Waals surface area contributed by atoms with Crippen LogP contribution in [-0.4, -0.2) is 5.97 Å². The van der Waals surface area contributed by atoms with Crippen molar-refractivity contribution in [1.82, 2.24) is 0 Å². The molecule has 0 heterocycles. The van der Waals surface area contributed by atoms with Crippen molar-refractivity contribution in [3.05, 3.63) is 42.4 Å². The molecule has 6 heteroatoms. The van der Waals surface area contributed by atoms with Crippen LogP contribution in [0.25, 0.3) is 0 Å². The molecule has 1 aromatic rings. The zero-order valence-electron chi connectivity index (χ0n) is 11.5. The maximum Gasteiger partial charge on any atom is 0.310 e. The minimum absolute atomic E-state index is 0.0402. The number of carbonyl (C=O) groups excluding carboxylic acids is 1. The lowest BCUT2D eigenvalue weighted by Gasteiger charge is -2.07. The molecule has 0 aliphatic heterocycles. The number of carbonyl (C=O) groups is 1. The molecule has 0 amide bonds. The van der Waals surface area contributed by atoms with Crippen LogP contribution in [0.2, 0.25) is 0 Å². The third kappa shape index (κ3) is 4.15. The third-order valence-corrected chi connectivity index (χ3v) is 6.43. The molecular weight excluding hydrogens is 490 g/mol. The second-order valence-electron chi connectivity index (χ2n) is 5.64. The summed E-state index contributed by atoms with van der Waals surface area (Å²) in [5.41, 5.74) is 0.801. The number of allylic oxidation sites excluding steroid dienone is 1. The number of esters is 1. The molecule has 2 atom stereocenters. The van der Waals surface area contributed by atoms with E-state index in [1.807, 2.05) is 32.0 Å². The zero-order chi connectivity index (χ0) is 15.8. The van der Waals surface area contributed by atoms with Gasteiger partial charge in [-0.05, 0) is 73.6 Å². The Bertz CT molecular complexity index is 597. The van der Waals surface area contributed by atoms with Crippen molar-refractivity contribution >= 4 is 67.7 Å². The fraction of sp³-hybridized carbons (Fsp3) is 0.400. The fourth-order valence-electron chi connectivity index (χ4n) is 2.45. The van der Waals surface area contributed by atoms with Gasteiger partial charge >= 0.3 is 5.97 Å². The highest BCUT2D eigenvalue weighted by Crippen LogP contribution is 2.60. The number of hydrogen-bond acceptors (Lipinski definition) is 2. The largest absolute Gasteiger partial charge is 0.461 e. The lowest BCUT2D eigenvalue weighted by molar-refractivity contribution is -0.147. The Labute approximate surface area is 156 Å². The van der Waals surface area contributed by atoms with E-state index >= 15 is 0 Å². The molecule has 21 heavy (non-hydrogen) atoms. The van der Waals surface area contributed by atoms with Crippen LogP contribution in [0.15, 0.2) is 33.2 Å². The van der Waals surface area contributed by atoms with Crippen LogP contribution in [0, 0.1) is 20.8 Å². The maximum absolute atomic E-state index is 12.2. The summed E-state index contributed by atoms with van der Waals surface area (Å²) in [7, 11) is 0. The Balaban J connectivity index is 1.97. The predicted octanol–water partition coefficient (Wildman–Crippen LogP) is 5.69. The van der Waals surface area contributed by atoms with E-state index < -0.39 is 0 Å². The molecule has 0 saturated heterocycles. The average molecular weight is 504 g/mol. The summed E-state index contributed by atoms with van der Waals surface area (Å²) in [6.45, 7) is 4.29. The topological polar surface area (TPSA) is 26.3 Å². The first-order chi connectivity index (χ1) is 9.73. The first-order valence-corrected chi connectivity index (χ1v) is 8.99. The second-order valence-corrected chi connectivity index (χ2v) is 8.66. The van der Waals surface area contributed by atoms with Crippen LogP contribution in [0.1, 0.15) is 19.4 Å². The molecule has 1 aliphatic carbocycles. The molecule has 0 N–H and O–H groups in total. The second kappa shape index (κ2) is 6.77. The average Bonchev–Trinajstić information content (AvgIpc) is 2.91. The molecule has 0 spiro atoms.